The first-order valence-electron chi connectivity index (χ1n) is 6.50. The van der Waals surface area contributed by atoms with Crippen molar-refractivity contribution in [1.29, 1.82) is 5.41 Å². The number of rotatable bonds is 4. The van der Waals surface area contributed by atoms with Gasteiger partial charge in [-0.05, 0) is 12.1 Å². The van der Waals surface area contributed by atoms with Crippen molar-refractivity contribution in [3.05, 3.63) is 30.3 Å². The van der Waals surface area contributed by atoms with Crippen LogP contribution in [0.25, 0.3) is 0 Å². The first kappa shape index (κ1) is 13.5. The molecule has 0 bridgehead atoms. The van der Waals surface area contributed by atoms with E-state index < -0.39 is 0 Å². The molecule has 19 heavy (non-hydrogen) atoms. The predicted octanol–water partition coefficient (Wildman–Crippen LogP) is 1.50. The van der Waals surface area contributed by atoms with E-state index in [0.717, 1.165) is 32.7 Å². The van der Waals surface area contributed by atoms with E-state index >= 15 is 0 Å². The fraction of sp³-hybridized carbons (Fsp3) is 0.462. The average molecular weight is 260 g/mol. The zero-order valence-electron chi connectivity index (χ0n) is 11.0. The highest BCUT2D eigenvalue weighted by Crippen LogP contribution is 2.15. The van der Waals surface area contributed by atoms with Gasteiger partial charge in [-0.2, -0.15) is 0 Å². The third kappa shape index (κ3) is 4.03. The molecule has 102 valence electrons. The van der Waals surface area contributed by atoms with Gasteiger partial charge in [-0.25, -0.2) is 0 Å². The molecular formula is C13H20N6. The lowest BCUT2D eigenvalue weighted by Crippen LogP contribution is -2.46. The number of anilines is 1. The van der Waals surface area contributed by atoms with E-state index in [-0.39, 0.29) is 5.84 Å². The largest absolute Gasteiger partial charge is 0.369 e. The molecule has 0 aromatic heterocycles. The van der Waals surface area contributed by atoms with Crippen LogP contribution in [0.15, 0.2) is 40.7 Å². The van der Waals surface area contributed by atoms with E-state index in [1.807, 2.05) is 6.07 Å². The molecule has 0 spiro atoms. The van der Waals surface area contributed by atoms with Gasteiger partial charge < -0.3 is 10.7 Å². The second kappa shape index (κ2) is 6.84. The summed E-state index contributed by atoms with van der Waals surface area (Å²) >= 11 is 0. The Bertz CT molecular complexity index is 422. The highest BCUT2D eigenvalue weighted by molar-refractivity contribution is 5.79. The Morgan fingerprint density at radius 1 is 1.16 bits per heavy atom. The maximum atomic E-state index is 7.50. The lowest BCUT2D eigenvalue weighted by atomic mass is 10.2. The molecule has 6 heteroatoms. The summed E-state index contributed by atoms with van der Waals surface area (Å²) in [5, 5.41) is 14.1. The van der Waals surface area contributed by atoms with Crippen molar-refractivity contribution in [2.75, 3.05) is 37.6 Å². The maximum Gasteiger partial charge on any atom is 0.146 e. The second-order valence-electron chi connectivity index (χ2n) is 4.58. The lowest BCUT2D eigenvalue weighted by molar-refractivity contribution is 0.264. The van der Waals surface area contributed by atoms with Gasteiger partial charge in [0.05, 0.1) is 0 Å². The number of benzene rings is 1. The maximum absolute atomic E-state index is 7.50. The van der Waals surface area contributed by atoms with Crippen LogP contribution in [0.1, 0.15) is 6.42 Å². The minimum atomic E-state index is 0.244. The van der Waals surface area contributed by atoms with Crippen LogP contribution in [0.3, 0.4) is 0 Å². The Labute approximate surface area is 113 Å². The first-order valence-corrected chi connectivity index (χ1v) is 6.50. The fourth-order valence-electron chi connectivity index (χ4n) is 2.25. The highest BCUT2D eigenvalue weighted by Gasteiger charge is 2.16. The summed E-state index contributed by atoms with van der Waals surface area (Å²) in [7, 11) is 0. The molecular weight excluding hydrogens is 240 g/mol. The number of hydrogen-bond donors (Lipinski definition) is 2. The Morgan fingerprint density at radius 2 is 1.84 bits per heavy atom. The molecule has 1 fully saturated rings. The number of piperazine rings is 1. The summed E-state index contributed by atoms with van der Waals surface area (Å²) < 4.78 is 0. The zero-order chi connectivity index (χ0) is 13.5. The molecule has 1 aromatic rings. The lowest BCUT2D eigenvalue weighted by Gasteiger charge is -2.36. The Hall–Kier alpha value is -1.95. The van der Waals surface area contributed by atoms with Crippen LogP contribution in [0, 0.1) is 5.41 Å². The van der Waals surface area contributed by atoms with E-state index in [4.69, 9.17) is 11.3 Å². The highest BCUT2D eigenvalue weighted by atomic mass is 15.3. The van der Waals surface area contributed by atoms with Gasteiger partial charge in [0.25, 0.3) is 0 Å². The number of nitrogens with one attached hydrogen (secondary N) is 1. The van der Waals surface area contributed by atoms with Crippen LogP contribution in [-0.4, -0.2) is 43.5 Å². The summed E-state index contributed by atoms with van der Waals surface area (Å²) in [6.07, 6.45) is 0.603. The minimum Gasteiger partial charge on any atom is -0.369 e. The van der Waals surface area contributed by atoms with Gasteiger partial charge in [0.15, 0.2) is 0 Å². The minimum absolute atomic E-state index is 0.244. The van der Waals surface area contributed by atoms with Gasteiger partial charge in [-0.3, -0.25) is 10.3 Å². The van der Waals surface area contributed by atoms with Crippen LogP contribution in [-0.2, 0) is 0 Å². The molecule has 1 heterocycles. The molecule has 6 nitrogen and oxygen atoms in total. The van der Waals surface area contributed by atoms with Crippen molar-refractivity contribution < 1.29 is 0 Å². The molecule has 0 saturated carbocycles. The van der Waals surface area contributed by atoms with E-state index in [1.165, 1.54) is 5.69 Å². The Kier molecular flexibility index (Phi) is 4.85. The van der Waals surface area contributed by atoms with Gasteiger partial charge in [-0.15, -0.1) is 5.11 Å². The van der Waals surface area contributed by atoms with Crippen molar-refractivity contribution in [2.24, 2.45) is 16.2 Å². The van der Waals surface area contributed by atoms with Gasteiger partial charge in [0, 0.05) is 44.8 Å². The molecule has 2 rings (SSSR count). The number of nitrogens with zero attached hydrogens (tertiary/aromatic N) is 4. The Balaban J connectivity index is 1.75. The predicted molar refractivity (Wildman–Crippen MR) is 76.5 cm³/mol. The fourth-order valence-corrected chi connectivity index (χ4v) is 2.25. The topological polar surface area (TPSA) is 81.1 Å². The first-order chi connectivity index (χ1) is 9.29. The number of nitrogens with two attached hydrogens (primary N) is 1. The molecule has 1 aliphatic rings. The summed E-state index contributed by atoms with van der Waals surface area (Å²) in [5.74, 6) is 5.16. The summed E-state index contributed by atoms with van der Waals surface area (Å²) in [5.41, 5.74) is 1.28. The molecule has 1 aliphatic heterocycles. The molecule has 1 aromatic carbocycles. The molecule has 3 N–H and O–H groups in total. The Morgan fingerprint density at radius 3 is 2.47 bits per heavy atom. The van der Waals surface area contributed by atoms with Crippen LogP contribution in [0.4, 0.5) is 5.69 Å². The SMILES string of the molecule is N=C(CCN1CCN(c2ccccc2)CC1)N=NN. The normalized spacial score (nSPS) is 16.9. The van der Waals surface area contributed by atoms with Crippen molar-refractivity contribution in [3.63, 3.8) is 0 Å². The average Bonchev–Trinajstić information content (AvgIpc) is 2.47. The quantitative estimate of drug-likeness (QED) is 0.283. The van der Waals surface area contributed by atoms with Gasteiger partial charge >= 0.3 is 0 Å². The molecule has 0 unspecified atom stereocenters. The molecule has 0 radical (unpaired) electrons. The van der Waals surface area contributed by atoms with Crippen LogP contribution < -0.4 is 10.7 Å². The molecule has 1 saturated heterocycles. The van der Waals surface area contributed by atoms with Crippen molar-refractivity contribution >= 4 is 11.5 Å². The van der Waals surface area contributed by atoms with Gasteiger partial charge in [0.2, 0.25) is 0 Å². The van der Waals surface area contributed by atoms with E-state index in [1.54, 1.807) is 0 Å². The number of amidine groups is 1. The van der Waals surface area contributed by atoms with E-state index in [0.29, 0.717) is 6.42 Å². The van der Waals surface area contributed by atoms with Crippen molar-refractivity contribution in [3.8, 4) is 0 Å². The smallest absolute Gasteiger partial charge is 0.146 e. The van der Waals surface area contributed by atoms with Crippen LogP contribution in [0.2, 0.25) is 0 Å². The van der Waals surface area contributed by atoms with E-state index in [2.05, 4.69) is 44.4 Å². The summed E-state index contributed by atoms with van der Waals surface area (Å²) in [6.45, 7) is 4.93. The number of para-hydroxylation sites is 1. The van der Waals surface area contributed by atoms with Gasteiger partial charge in [-0.1, -0.05) is 23.4 Å². The second-order valence-corrected chi connectivity index (χ2v) is 4.58. The number of hydrogen-bond acceptors (Lipinski definition) is 4. The van der Waals surface area contributed by atoms with Crippen LogP contribution in [0.5, 0.6) is 0 Å². The standard InChI is InChI=1S/C13H20N6/c14-13(16-17-15)6-7-18-8-10-19(11-9-18)12-4-2-1-3-5-12/h1-5H,6-11H2,(H3,14,15,16). The third-order valence-corrected chi connectivity index (χ3v) is 3.34. The zero-order valence-corrected chi connectivity index (χ0v) is 11.0. The van der Waals surface area contributed by atoms with Crippen LogP contribution >= 0.6 is 0 Å². The van der Waals surface area contributed by atoms with Crippen molar-refractivity contribution in [1.82, 2.24) is 4.90 Å². The van der Waals surface area contributed by atoms with E-state index in [9.17, 15) is 0 Å². The molecule has 0 atom stereocenters. The van der Waals surface area contributed by atoms with Crippen molar-refractivity contribution in [2.45, 2.75) is 6.42 Å². The van der Waals surface area contributed by atoms with Gasteiger partial charge in [0.1, 0.15) is 5.84 Å². The molecule has 0 amide bonds. The molecule has 0 aliphatic carbocycles. The summed E-state index contributed by atoms with van der Waals surface area (Å²) in [6, 6.07) is 10.5. The summed E-state index contributed by atoms with van der Waals surface area (Å²) in [4.78, 5) is 4.74. The monoisotopic (exact) mass is 260 g/mol. The third-order valence-electron chi connectivity index (χ3n) is 3.34.